The van der Waals surface area contributed by atoms with Crippen molar-refractivity contribution in [3.63, 3.8) is 0 Å². The monoisotopic (exact) mass is 468 g/mol. The van der Waals surface area contributed by atoms with E-state index in [-0.39, 0.29) is 0 Å². The van der Waals surface area contributed by atoms with Gasteiger partial charge in [-0.25, -0.2) is 4.57 Å². The van der Waals surface area contributed by atoms with Crippen LogP contribution in [0.3, 0.4) is 0 Å². The van der Waals surface area contributed by atoms with Crippen LogP contribution in [-0.4, -0.2) is 13.2 Å². The van der Waals surface area contributed by atoms with Gasteiger partial charge in [0, 0.05) is 0 Å². The Bertz CT molecular complexity index is 617. The Balaban J connectivity index is 2.81. The molecule has 4 nitrogen and oxygen atoms in total. The van der Waals surface area contributed by atoms with Gasteiger partial charge in [-0.05, 0) is 50.2 Å². The summed E-state index contributed by atoms with van der Waals surface area (Å²) in [5.41, 5.74) is 1.13. The third kappa shape index (κ3) is 13.0. The maximum absolute atomic E-state index is 13.6. The van der Waals surface area contributed by atoms with Crippen molar-refractivity contribution in [1.82, 2.24) is 0 Å². The average molecular weight is 469 g/mol. The predicted octanol–water partition coefficient (Wildman–Crippen LogP) is 9.51. The number of hydrogen-bond acceptors (Lipinski definition) is 4. The minimum Gasteiger partial charge on any atom is -0.404 e. The molecular weight excluding hydrogens is 419 g/mol. The summed E-state index contributed by atoms with van der Waals surface area (Å²) in [6.07, 6.45) is 13.9. The van der Waals surface area contributed by atoms with Gasteiger partial charge in [0.2, 0.25) is 0 Å². The summed E-state index contributed by atoms with van der Waals surface area (Å²) >= 11 is 0. The molecule has 3 atom stereocenters. The Hall–Kier alpha value is -0.830. The van der Waals surface area contributed by atoms with Crippen molar-refractivity contribution in [3.05, 3.63) is 29.8 Å². The first kappa shape index (κ1) is 29.2. The van der Waals surface area contributed by atoms with Crippen LogP contribution in [-0.2, 0) is 13.6 Å². The Kier molecular flexibility index (Phi) is 16.1. The fourth-order valence-corrected chi connectivity index (χ4v) is 5.12. The molecule has 1 rings (SSSR count). The van der Waals surface area contributed by atoms with Crippen LogP contribution >= 0.6 is 7.82 Å². The molecule has 0 saturated heterocycles. The number of unbranched alkanes of at least 4 members (excludes halogenated alkanes) is 5. The second-order valence-corrected chi connectivity index (χ2v) is 10.8. The highest BCUT2D eigenvalue weighted by atomic mass is 31.2. The average Bonchev–Trinajstić information content (AvgIpc) is 2.79. The third-order valence-electron chi connectivity index (χ3n) is 6.15. The molecule has 0 N–H and O–H groups in total. The largest absolute Gasteiger partial charge is 0.530 e. The van der Waals surface area contributed by atoms with Crippen LogP contribution in [0.2, 0.25) is 0 Å². The minimum absolute atomic E-state index is 0.374. The van der Waals surface area contributed by atoms with Crippen LogP contribution in [0.1, 0.15) is 110 Å². The van der Waals surface area contributed by atoms with Crippen molar-refractivity contribution in [2.45, 2.75) is 112 Å². The summed E-state index contributed by atoms with van der Waals surface area (Å²) in [5.74, 6) is 1.31. The number of aryl methyl sites for hydroxylation is 1. The number of phosphoric ester groups is 1. The summed E-state index contributed by atoms with van der Waals surface area (Å²) in [6.45, 7) is 11.7. The molecule has 0 aliphatic rings. The van der Waals surface area contributed by atoms with E-state index in [1.807, 2.05) is 31.2 Å². The van der Waals surface area contributed by atoms with Gasteiger partial charge >= 0.3 is 7.82 Å². The van der Waals surface area contributed by atoms with Gasteiger partial charge in [-0.1, -0.05) is 103 Å². The zero-order chi connectivity index (χ0) is 23.7. The minimum atomic E-state index is -3.69. The van der Waals surface area contributed by atoms with Crippen molar-refractivity contribution >= 4 is 7.82 Å². The molecule has 32 heavy (non-hydrogen) atoms. The Morgan fingerprint density at radius 1 is 0.719 bits per heavy atom. The second kappa shape index (κ2) is 17.6. The van der Waals surface area contributed by atoms with Gasteiger partial charge in [0.25, 0.3) is 0 Å². The van der Waals surface area contributed by atoms with Gasteiger partial charge in [0.05, 0.1) is 13.2 Å². The first-order valence-electron chi connectivity index (χ1n) is 13.1. The molecule has 3 unspecified atom stereocenters. The molecule has 5 heteroatoms. The lowest BCUT2D eigenvalue weighted by Crippen LogP contribution is -2.15. The van der Waals surface area contributed by atoms with Crippen molar-refractivity contribution in [2.75, 3.05) is 13.2 Å². The van der Waals surface area contributed by atoms with E-state index >= 15 is 0 Å². The molecule has 1 aromatic carbocycles. The first-order chi connectivity index (χ1) is 15.5. The summed E-state index contributed by atoms with van der Waals surface area (Å²) in [4.78, 5) is 0. The zero-order valence-electron chi connectivity index (χ0n) is 21.4. The summed E-state index contributed by atoms with van der Waals surface area (Å²) < 4.78 is 31.4. The smallest absolute Gasteiger partial charge is 0.404 e. The lowest BCUT2D eigenvalue weighted by atomic mass is 9.96. The van der Waals surface area contributed by atoms with Crippen LogP contribution in [0.25, 0.3) is 0 Å². The Morgan fingerprint density at radius 3 is 1.81 bits per heavy atom. The molecular formula is C27H49O4P. The maximum Gasteiger partial charge on any atom is 0.530 e. The van der Waals surface area contributed by atoms with Gasteiger partial charge in [0.1, 0.15) is 5.75 Å². The van der Waals surface area contributed by atoms with E-state index in [9.17, 15) is 4.57 Å². The van der Waals surface area contributed by atoms with Crippen molar-refractivity contribution in [1.29, 1.82) is 0 Å². The van der Waals surface area contributed by atoms with Gasteiger partial charge in [-0.3, -0.25) is 9.05 Å². The second-order valence-electron chi connectivity index (χ2n) is 9.22. The molecule has 1 aromatic rings. The van der Waals surface area contributed by atoms with E-state index in [1.165, 1.54) is 32.1 Å². The highest BCUT2D eigenvalue weighted by Crippen LogP contribution is 2.50. The number of benzene rings is 1. The van der Waals surface area contributed by atoms with Crippen LogP contribution in [0.5, 0.6) is 5.75 Å². The molecule has 0 saturated carbocycles. The van der Waals surface area contributed by atoms with Crippen molar-refractivity contribution in [3.8, 4) is 5.75 Å². The van der Waals surface area contributed by atoms with E-state index in [4.69, 9.17) is 13.6 Å². The third-order valence-corrected chi connectivity index (χ3v) is 7.52. The fourth-order valence-electron chi connectivity index (χ4n) is 3.77. The SMILES string of the molecule is CCCCCCC(CCCC)COP(=O)(OCC(CC)CCCC)Oc1ccc(C)cc1. The zero-order valence-corrected chi connectivity index (χ0v) is 22.3. The summed E-state index contributed by atoms with van der Waals surface area (Å²) in [7, 11) is -3.69. The molecule has 0 heterocycles. The van der Waals surface area contributed by atoms with E-state index in [0.29, 0.717) is 30.8 Å². The van der Waals surface area contributed by atoms with E-state index in [1.54, 1.807) is 0 Å². The number of hydrogen-bond donors (Lipinski definition) is 0. The van der Waals surface area contributed by atoms with Crippen LogP contribution in [0.4, 0.5) is 0 Å². The van der Waals surface area contributed by atoms with Gasteiger partial charge in [-0.15, -0.1) is 0 Å². The molecule has 0 amide bonds. The molecule has 0 aliphatic carbocycles. The Labute approximate surface area is 198 Å². The van der Waals surface area contributed by atoms with Gasteiger partial charge < -0.3 is 4.52 Å². The molecule has 0 aromatic heterocycles. The van der Waals surface area contributed by atoms with Crippen molar-refractivity contribution < 1.29 is 18.1 Å². The maximum atomic E-state index is 13.6. The Morgan fingerprint density at radius 2 is 1.25 bits per heavy atom. The molecule has 186 valence electrons. The van der Waals surface area contributed by atoms with E-state index in [2.05, 4.69) is 27.7 Å². The van der Waals surface area contributed by atoms with Gasteiger partial charge in [-0.2, -0.15) is 0 Å². The van der Waals surface area contributed by atoms with E-state index < -0.39 is 7.82 Å². The summed E-state index contributed by atoms with van der Waals surface area (Å²) in [5, 5.41) is 0. The normalized spacial score (nSPS) is 15.3. The fraction of sp³-hybridized carbons (Fsp3) is 0.778. The highest BCUT2D eigenvalue weighted by Gasteiger charge is 2.31. The molecule has 0 spiro atoms. The lowest BCUT2D eigenvalue weighted by molar-refractivity contribution is 0.113. The first-order valence-corrected chi connectivity index (χ1v) is 14.6. The topological polar surface area (TPSA) is 44.8 Å². The predicted molar refractivity (Wildman–Crippen MR) is 136 cm³/mol. The lowest BCUT2D eigenvalue weighted by Gasteiger charge is -2.24. The van der Waals surface area contributed by atoms with Crippen LogP contribution < -0.4 is 4.52 Å². The highest BCUT2D eigenvalue weighted by molar-refractivity contribution is 7.48. The number of rotatable bonds is 20. The standard InChI is InChI=1S/C27H49O4P/c1-6-10-13-14-17-26(16-12-8-3)23-30-32(28,29-22-25(9-4)15-11-7-2)31-27-20-18-24(5)19-21-27/h18-21,25-26H,6-17,22-23H2,1-5H3. The van der Waals surface area contributed by atoms with Crippen LogP contribution in [0.15, 0.2) is 24.3 Å². The van der Waals surface area contributed by atoms with Crippen molar-refractivity contribution in [2.24, 2.45) is 11.8 Å². The quantitative estimate of drug-likeness (QED) is 0.141. The number of phosphoric acid groups is 1. The molecule has 0 aliphatic heterocycles. The molecule has 0 fully saturated rings. The van der Waals surface area contributed by atoms with Gasteiger partial charge in [0.15, 0.2) is 0 Å². The van der Waals surface area contributed by atoms with E-state index in [0.717, 1.165) is 50.5 Å². The summed E-state index contributed by atoms with van der Waals surface area (Å²) in [6, 6.07) is 7.58. The molecule has 0 radical (unpaired) electrons. The van der Waals surface area contributed by atoms with Crippen LogP contribution in [0, 0.1) is 18.8 Å². The molecule has 0 bridgehead atoms.